The van der Waals surface area contributed by atoms with Gasteiger partial charge in [-0.2, -0.15) is 0 Å². The molecule has 3 N–H and O–H groups in total. The number of hydrogen-bond acceptors (Lipinski definition) is 4. The first-order valence-corrected chi connectivity index (χ1v) is 6.81. The van der Waals surface area contributed by atoms with Crippen molar-refractivity contribution in [2.75, 3.05) is 17.2 Å². The van der Waals surface area contributed by atoms with Crippen molar-refractivity contribution in [2.24, 2.45) is 0 Å². The SMILES string of the molecule is CCC1(C)Sc2cc(N)ccc2N(CC(=O)O)C1=O. The standard InChI is InChI=1S/C13H16N2O3S/c1-3-13(2)12(18)15(7-11(16)17)9-5-4-8(14)6-10(9)19-13/h4-6H,3,7,14H2,1-2H3,(H,16,17). The number of nitrogens with two attached hydrogens (primary N) is 1. The lowest BCUT2D eigenvalue weighted by molar-refractivity contribution is -0.137. The van der Waals surface area contributed by atoms with Crippen molar-refractivity contribution in [3.63, 3.8) is 0 Å². The van der Waals surface area contributed by atoms with E-state index in [1.54, 1.807) is 18.2 Å². The third-order valence-corrected chi connectivity index (χ3v) is 4.74. The summed E-state index contributed by atoms with van der Waals surface area (Å²) >= 11 is 1.45. The number of aliphatic carboxylic acids is 1. The van der Waals surface area contributed by atoms with Crippen molar-refractivity contribution in [1.29, 1.82) is 0 Å². The van der Waals surface area contributed by atoms with E-state index in [1.165, 1.54) is 16.7 Å². The predicted octanol–water partition coefficient (Wildman–Crippen LogP) is 1.96. The van der Waals surface area contributed by atoms with Crippen LogP contribution in [0.4, 0.5) is 11.4 Å². The molecule has 0 saturated carbocycles. The average Bonchev–Trinajstić information content (AvgIpc) is 2.34. The number of thioether (sulfide) groups is 1. The molecule has 0 aliphatic carbocycles. The minimum Gasteiger partial charge on any atom is -0.480 e. The smallest absolute Gasteiger partial charge is 0.323 e. The fraction of sp³-hybridized carbons (Fsp3) is 0.385. The summed E-state index contributed by atoms with van der Waals surface area (Å²) in [6, 6.07) is 5.17. The largest absolute Gasteiger partial charge is 0.480 e. The van der Waals surface area contributed by atoms with E-state index < -0.39 is 10.7 Å². The van der Waals surface area contributed by atoms with Crippen LogP contribution >= 0.6 is 11.8 Å². The number of amides is 1. The van der Waals surface area contributed by atoms with Crippen molar-refractivity contribution >= 4 is 35.0 Å². The van der Waals surface area contributed by atoms with Crippen molar-refractivity contribution in [3.05, 3.63) is 18.2 Å². The quantitative estimate of drug-likeness (QED) is 0.827. The molecule has 1 amide bonds. The first kappa shape index (κ1) is 13.7. The van der Waals surface area contributed by atoms with E-state index in [0.29, 0.717) is 17.8 Å². The monoisotopic (exact) mass is 280 g/mol. The molecule has 5 nitrogen and oxygen atoms in total. The Kier molecular flexibility index (Phi) is 3.45. The van der Waals surface area contributed by atoms with Crippen molar-refractivity contribution < 1.29 is 14.7 Å². The van der Waals surface area contributed by atoms with Gasteiger partial charge >= 0.3 is 5.97 Å². The minimum atomic E-state index is -1.03. The molecule has 1 heterocycles. The third kappa shape index (κ3) is 2.40. The molecule has 0 radical (unpaired) electrons. The van der Waals surface area contributed by atoms with Crippen LogP contribution in [0, 0.1) is 0 Å². The van der Waals surface area contributed by atoms with Gasteiger partial charge in [0.05, 0.1) is 10.4 Å². The summed E-state index contributed by atoms with van der Waals surface area (Å²) < 4.78 is -0.643. The van der Waals surface area contributed by atoms with Crippen LogP contribution in [-0.4, -0.2) is 28.3 Å². The normalized spacial score (nSPS) is 22.2. The number of rotatable bonds is 3. The van der Waals surface area contributed by atoms with Crippen LogP contribution in [0.3, 0.4) is 0 Å². The highest BCUT2D eigenvalue weighted by Crippen LogP contribution is 2.47. The fourth-order valence-corrected chi connectivity index (χ4v) is 3.34. The molecule has 0 fully saturated rings. The Morgan fingerprint density at radius 3 is 2.79 bits per heavy atom. The number of benzene rings is 1. The third-order valence-electron chi connectivity index (χ3n) is 3.28. The van der Waals surface area contributed by atoms with Crippen molar-refractivity contribution in [2.45, 2.75) is 29.9 Å². The lowest BCUT2D eigenvalue weighted by Gasteiger charge is -2.38. The minimum absolute atomic E-state index is 0.167. The van der Waals surface area contributed by atoms with Gasteiger partial charge in [0.15, 0.2) is 0 Å². The lowest BCUT2D eigenvalue weighted by atomic mass is 10.0. The average molecular weight is 280 g/mol. The van der Waals surface area contributed by atoms with Crippen LogP contribution in [0.15, 0.2) is 23.1 Å². The molecule has 1 atom stereocenters. The van der Waals surface area contributed by atoms with Gasteiger partial charge in [0.2, 0.25) is 5.91 Å². The zero-order valence-corrected chi connectivity index (χ0v) is 11.7. The molecular formula is C13H16N2O3S. The maximum Gasteiger partial charge on any atom is 0.323 e. The van der Waals surface area contributed by atoms with Gasteiger partial charge in [-0.3, -0.25) is 14.5 Å². The second-order valence-corrected chi connectivity index (χ2v) is 6.24. The second-order valence-electron chi connectivity index (χ2n) is 4.70. The van der Waals surface area contributed by atoms with Crippen LogP contribution in [0.5, 0.6) is 0 Å². The highest BCUT2D eigenvalue weighted by atomic mass is 32.2. The van der Waals surface area contributed by atoms with E-state index in [-0.39, 0.29) is 12.5 Å². The van der Waals surface area contributed by atoms with E-state index in [9.17, 15) is 9.59 Å². The summed E-state index contributed by atoms with van der Waals surface area (Å²) in [7, 11) is 0. The Morgan fingerprint density at radius 1 is 1.53 bits per heavy atom. The number of carboxylic acid groups (broad SMARTS) is 1. The number of hydrogen-bond donors (Lipinski definition) is 2. The summed E-state index contributed by atoms with van der Waals surface area (Å²) in [5, 5.41) is 8.98. The molecule has 6 heteroatoms. The molecule has 0 bridgehead atoms. The van der Waals surface area contributed by atoms with Crippen molar-refractivity contribution in [1.82, 2.24) is 0 Å². The van der Waals surface area contributed by atoms with Gasteiger partial charge < -0.3 is 10.8 Å². The van der Waals surface area contributed by atoms with E-state index in [1.807, 2.05) is 13.8 Å². The topological polar surface area (TPSA) is 83.6 Å². The van der Waals surface area contributed by atoms with E-state index in [2.05, 4.69) is 0 Å². The van der Waals surface area contributed by atoms with Gasteiger partial charge in [-0.25, -0.2) is 0 Å². The van der Waals surface area contributed by atoms with Crippen LogP contribution in [0.25, 0.3) is 0 Å². The summed E-state index contributed by atoms with van der Waals surface area (Å²) in [6.45, 7) is 3.42. The van der Waals surface area contributed by atoms with Gasteiger partial charge in [-0.05, 0) is 31.5 Å². The predicted molar refractivity (Wildman–Crippen MR) is 75.4 cm³/mol. The molecule has 1 aromatic rings. The van der Waals surface area contributed by atoms with Crippen LogP contribution in [0.1, 0.15) is 20.3 Å². The number of carboxylic acids is 1. The first-order valence-electron chi connectivity index (χ1n) is 5.99. The highest BCUT2D eigenvalue weighted by molar-refractivity contribution is 8.01. The fourth-order valence-electron chi connectivity index (χ4n) is 2.03. The van der Waals surface area contributed by atoms with E-state index >= 15 is 0 Å². The number of carbonyl (C=O) groups excluding carboxylic acids is 1. The zero-order chi connectivity index (χ0) is 14.2. The summed E-state index contributed by atoms with van der Waals surface area (Å²) in [4.78, 5) is 25.6. The molecule has 0 spiro atoms. The maximum absolute atomic E-state index is 12.5. The molecule has 0 saturated heterocycles. The molecule has 1 aliphatic heterocycles. The number of nitrogens with zero attached hydrogens (tertiary/aromatic N) is 1. The lowest BCUT2D eigenvalue weighted by Crippen LogP contribution is -2.49. The molecule has 2 rings (SSSR count). The number of fused-ring (bicyclic) bond motifs is 1. The zero-order valence-electron chi connectivity index (χ0n) is 10.8. The van der Waals surface area contributed by atoms with Gasteiger partial charge in [0, 0.05) is 10.6 Å². The highest BCUT2D eigenvalue weighted by Gasteiger charge is 2.42. The van der Waals surface area contributed by atoms with Crippen molar-refractivity contribution in [3.8, 4) is 0 Å². The summed E-state index contributed by atoms with van der Waals surface area (Å²) in [5.74, 6) is -1.19. The molecule has 1 aromatic carbocycles. The molecule has 1 aliphatic rings. The molecular weight excluding hydrogens is 264 g/mol. The Bertz CT molecular complexity index is 547. The number of anilines is 2. The van der Waals surface area contributed by atoms with Gasteiger partial charge in [-0.1, -0.05) is 6.92 Å². The Balaban J connectivity index is 2.52. The number of carbonyl (C=O) groups is 2. The van der Waals surface area contributed by atoms with E-state index in [0.717, 1.165) is 4.90 Å². The van der Waals surface area contributed by atoms with E-state index in [4.69, 9.17) is 10.8 Å². The summed E-state index contributed by atoms with van der Waals surface area (Å²) in [5.41, 5.74) is 6.99. The summed E-state index contributed by atoms with van der Waals surface area (Å²) in [6.07, 6.45) is 0.626. The molecule has 102 valence electrons. The van der Waals surface area contributed by atoms with Crippen LogP contribution in [0.2, 0.25) is 0 Å². The Morgan fingerprint density at radius 2 is 2.21 bits per heavy atom. The first-order chi connectivity index (χ1) is 8.87. The Labute approximate surface area is 115 Å². The van der Waals surface area contributed by atoms with Crippen LogP contribution in [-0.2, 0) is 9.59 Å². The maximum atomic E-state index is 12.5. The molecule has 0 aromatic heterocycles. The molecule has 1 unspecified atom stereocenters. The number of nitrogen functional groups attached to an aromatic ring is 1. The Hall–Kier alpha value is -1.69. The second kappa shape index (κ2) is 4.77. The van der Waals surface area contributed by atoms with Gasteiger partial charge in [-0.15, -0.1) is 11.8 Å². The van der Waals surface area contributed by atoms with Gasteiger partial charge in [0.1, 0.15) is 6.54 Å². The molecule has 19 heavy (non-hydrogen) atoms. The van der Waals surface area contributed by atoms with Crippen LogP contribution < -0.4 is 10.6 Å². The van der Waals surface area contributed by atoms with Gasteiger partial charge in [0.25, 0.3) is 0 Å².